The van der Waals surface area contributed by atoms with Gasteiger partial charge in [0.2, 0.25) is 0 Å². The third kappa shape index (κ3) is 4.27. The van der Waals surface area contributed by atoms with Crippen molar-refractivity contribution in [3.05, 3.63) is 71.4 Å². The number of carbonyl (C=O) groups excluding carboxylic acids is 2. The average molecular weight is 446 g/mol. The molecule has 0 spiro atoms. The van der Waals surface area contributed by atoms with Crippen LogP contribution in [0.3, 0.4) is 0 Å². The van der Waals surface area contributed by atoms with E-state index >= 15 is 0 Å². The number of amides is 2. The monoisotopic (exact) mass is 445 g/mol. The lowest BCUT2D eigenvalue weighted by Crippen LogP contribution is -2.46. The zero-order valence-corrected chi connectivity index (χ0v) is 19.3. The van der Waals surface area contributed by atoms with Gasteiger partial charge in [-0.1, -0.05) is 56.3 Å². The first kappa shape index (κ1) is 21.7. The molecular weight excluding hydrogens is 414 g/mol. The number of hydrogen-bond donors (Lipinski definition) is 2. The van der Waals surface area contributed by atoms with Crippen LogP contribution in [-0.2, 0) is 9.53 Å². The Kier molecular flexibility index (Phi) is 5.71. The fourth-order valence-electron chi connectivity index (χ4n) is 5.25. The molecule has 33 heavy (non-hydrogen) atoms. The predicted molar refractivity (Wildman–Crippen MR) is 129 cm³/mol. The maximum atomic E-state index is 13.8. The Morgan fingerprint density at radius 2 is 1.88 bits per heavy atom. The number of Topliss-reactive ketones (excluding diaryl/α,β-unsaturated/α-hetero) is 1. The van der Waals surface area contributed by atoms with Crippen molar-refractivity contribution in [2.24, 2.45) is 5.41 Å². The number of fused-ring (bicyclic) bond motifs is 1. The molecule has 0 bridgehead atoms. The number of nitrogens with zero attached hydrogens (tertiary/aromatic N) is 1. The van der Waals surface area contributed by atoms with Crippen LogP contribution in [0.1, 0.15) is 51.1 Å². The van der Waals surface area contributed by atoms with Gasteiger partial charge in [-0.3, -0.25) is 9.69 Å². The number of ketones is 1. The molecule has 2 amide bonds. The van der Waals surface area contributed by atoms with E-state index < -0.39 is 6.04 Å². The first-order valence-corrected chi connectivity index (χ1v) is 11.8. The van der Waals surface area contributed by atoms with Crippen LogP contribution in [-0.4, -0.2) is 31.1 Å². The highest BCUT2D eigenvalue weighted by Gasteiger charge is 2.43. The van der Waals surface area contributed by atoms with Crippen molar-refractivity contribution < 1.29 is 14.3 Å². The van der Waals surface area contributed by atoms with Gasteiger partial charge < -0.3 is 15.4 Å². The fourth-order valence-corrected chi connectivity index (χ4v) is 5.25. The van der Waals surface area contributed by atoms with Crippen molar-refractivity contribution in [2.45, 2.75) is 51.7 Å². The average Bonchev–Trinajstić information content (AvgIpc) is 3.26. The molecule has 2 aromatic carbocycles. The zero-order chi connectivity index (χ0) is 23.0. The second-order valence-corrected chi connectivity index (χ2v) is 9.98. The Balaban J connectivity index is 1.63. The van der Waals surface area contributed by atoms with Crippen LogP contribution in [0.4, 0.5) is 16.2 Å². The summed E-state index contributed by atoms with van der Waals surface area (Å²) in [6.07, 6.45) is 3.21. The van der Waals surface area contributed by atoms with Crippen molar-refractivity contribution in [1.29, 1.82) is 0 Å². The van der Waals surface area contributed by atoms with Gasteiger partial charge in [-0.15, -0.1) is 0 Å². The molecule has 2 heterocycles. The third-order valence-corrected chi connectivity index (χ3v) is 6.74. The van der Waals surface area contributed by atoms with Crippen molar-refractivity contribution in [3.63, 3.8) is 0 Å². The number of ether oxygens (including phenoxy) is 1. The van der Waals surface area contributed by atoms with Gasteiger partial charge in [0.25, 0.3) is 0 Å². The van der Waals surface area contributed by atoms with Crippen LogP contribution in [0.2, 0.25) is 0 Å². The zero-order valence-electron chi connectivity index (χ0n) is 19.3. The summed E-state index contributed by atoms with van der Waals surface area (Å²) in [5.74, 6) is 0.0901. The summed E-state index contributed by atoms with van der Waals surface area (Å²) < 4.78 is 5.71. The van der Waals surface area contributed by atoms with Crippen LogP contribution >= 0.6 is 0 Å². The van der Waals surface area contributed by atoms with E-state index in [1.165, 1.54) is 0 Å². The smallest absolute Gasteiger partial charge is 0.322 e. The second-order valence-electron chi connectivity index (χ2n) is 9.98. The fraction of sp³-hybridized carbons (Fsp3) is 0.407. The number of carbonyl (C=O) groups is 2. The molecule has 0 unspecified atom stereocenters. The van der Waals surface area contributed by atoms with Crippen LogP contribution in [0.5, 0.6) is 0 Å². The van der Waals surface area contributed by atoms with Crippen LogP contribution in [0.25, 0.3) is 0 Å². The first-order chi connectivity index (χ1) is 15.9. The summed E-state index contributed by atoms with van der Waals surface area (Å²) in [6, 6.07) is 16.9. The van der Waals surface area contributed by atoms with E-state index in [0.717, 1.165) is 48.5 Å². The molecule has 6 heteroatoms. The summed E-state index contributed by atoms with van der Waals surface area (Å²) in [4.78, 5) is 29.1. The molecule has 2 aliphatic heterocycles. The quantitative estimate of drug-likeness (QED) is 0.682. The Labute approximate surface area is 195 Å². The summed E-state index contributed by atoms with van der Waals surface area (Å²) in [5.41, 5.74) is 3.97. The summed E-state index contributed by atoms with van der Waals surface area (Å²) in [5, 5.41) is 6.63. The normalized spacial score (nSPS) is 23.9. The third-order valence-electron chi connectivity index (χ3n) is 6.74. The number of rotatable bonds is 3. The maximum Gasteiger partial charge on any atom is 0.322 e. The first-order valence-electron chi connectivity index (χ1n) is 11.8. The number of allylic oxidation sites excluding steroid dienone is 1. The van der Waals surface area contributed by atoms with Gasteiger partial charge in [0.1, 0.15) is 0 Å². The maximum absolute atomic E-state index is 13.8. The molecule has 172 valence electrons. The van der Waals surface area contributed by atoms with Gasteiger partial charge in [0, 0.05) is 30.8 Å². The number of nitrogens with one attached hydrogen (secondary N) is 2. The highest BCUT2D eigenvalue weighted by atomic mass is 16.5. The van der Waals surface area contributed by atoms with Gasteiger partial charge in [-0.25, -0.2) is 4.79 Å². The molecule has 0 radical (unpaired) electrons. The van der Waals surface area contributed by atoms with E-state index in [1.807, 2.05) is 54.6 Å². The molecule has 2 atom stereocenters. The lowest BCUT2D eigenvalue weighted by Gasteiger charge is -2.37. The van der Waals surface area contributed by atoms with Gasteiger partial charge in [-0.2, -0.15) is 0 Å². The Morgan fingerprint density at radius 1 is 1.12 bits per heavy atom. The van der Waals surface area contributed by atoms with E-state index in [9.17, 15) is 9.59 Å². The molecule has 2 N–H and O–H groups in total. The van der Waals surface area contributed by atoms with Crippen molar-refractivity contribution in [3.8, 4) is 0 Å². The highest BCUT2D eigenvalue weighted by molar-refractivity contribution is 6.06. The summed E-state index contributed by atoms with van der Waals surface area (Å²) >= 11 is 0. The van der Waals surface area contributed by atoms with Gasteiger partial charge in [-0.05, 0) is 42.4 Å². The molecule has 1 saturated heterocycles. The Bertz CT molecular complexity index is 1090. The van der Waals surface area contributed by atoms with Gasteiger partial charge in [0.15, 0.2) is 5.78 Å². The van der Waals surface area contributed by atoms with E-state index in [4.69, 9.17) is 4.74 Å². The largest absolute Gasteiger partial charge is 0.376 e. The Hall–Kier alpha value is -3.12. The van der Waals surface area contributed by atoms with Crippen LogP contribution < -0.4 is 15.5 Å². The molecule has 3 aliphatic rings. The van der Waals surface area contributed by atoms with E-state index in [-0.39, 0.29) is 23.3 Å². The van der Waals surface area contributed by atoms with Crippen molar-refractivity contribution >= 4 is 23.2 Å². The molecule has 6 nitrogen and oxygen atoms in total. The van der Waals surface area contributed by atoms with Crippen LogP contribution in [0.15, 0.2) is 65.9 Å². The molecule has 1 fully saturated rings. The van der Waals surface area contributed by atoms with Crippen molar-refractivity contribution in [1.82, 2.24) is 5.32 Å². The summed E-state index contributed by atoms with van der Waals surface area (Å²) in [7, 11) is 0. The minimum absolute atomic E-state index is 0.0383. The molecule has 0 aromatic heterocycles. The number of hydrogen-bond acceptors (Lipinski definition) is 4. The topological polar surface area (TPSA) is 70.7 Å². The minimum atomic E-state index is -0.509. The van der Waals surface area contributed by atoms with Gasteiger partial charge >= 0.3 is 6.03 Å². The van der Waals surface area contributed by atoms with Crippen molar-refractivity contribution in [2.75, 3.05) is 23.4 Å². The standard InChI is InChI=1S/C27H31N3O3/c1-27(2)15-21-24(23(31)16-27)25(18-9-4-3-5-10-18)30(22-13-7-6-12-20(22)29-21)26(32)28-17-19-11-8-14-33-19/h3-7,9-10,12-13,19,25,29H,8,11,14-17H2,1-2H3,(H,28,32)/t19-,25-/m1/s1. The molecule has 1 aliphatic carbocycles. The number of urea groups is 1. The molecular formula is C27H31N3O3. The molecule has 5 rings (SSSR count). The number of para-hydroxylation sites is 2. The minimum Gasteiger partial charge on any atom is -0.376 e. The lowest BCUT2D eigenvalue weighted by molar-refractivity contribution is -0.118. The SMILES string of the molecule is CC1(C)CC(=O)C2=C(C1)Nc1ccccc1N(C(=O)NC[C@H]1CCCO1)[C@@H]2c1ccccc1. The molecule has 2 aromatic rings. The van der Waals surface area contributed by atoms with E-state index in [1.54, 1.807) is 4.90 Å². The second kappa shape index (κ2) is 8.67. The summed E-state index contributed by atoms with van der Waals surface area (Å²) in [6.45, 7) is 5.44. The molecule has 0 saturated carbocycles. The van der Waals surface area contributed by atoms with E-state index in [0.29, 0.717) is 18.5 Å². The Morgan fingerprint density at radius 3 is 2.64 bits per heavy atom. The van der Waals surface area contributed by atoms with E-state index in [2.05, 4.69) is 24.5 Å². The van der Waals surface area contributed by atoms with Crippen LogP contribution in [0, 0.1) is 5.41 Å². The lowest BCUT2D eigenvalue weighted by atomic mass is 9.73. The number of anilines is 2. The predicted octanol–water partition coefficient (Wildman–Crippen LogP) is 5.19. The number of benzene rings is 2. The van der Waals surface area contributed by atoms with Gasteiger partial charge in [0.05, 0.1) is 23.5 Å². The highest BCUT2D eigenvalue weighted by Crippen LogP contribution is 2.48.